The number of amides is 2. The zero-order valence-electron chi connectivity index (χ0n) is 18.1. The van der Waals surface area contributed by atoms with E-state index >= 15 is 0 Å². The molecule has 7 nitrogen and oxygen atoms in total. The third-order valence-electron chi connectivity index (χ3n) is 6.22. The number of hydrogen-bond donors (Lipinski definition) is 2. The molecular weight excluding hydrogens is 380 g/mol. The van der Waals surface area contributed by atoms with Gasteiger partial charge in [0.2, 0.25) is 11.8 Å². The van der Waals surface area contributed by atoms with Gasteiger partial charge in [-0.15, -0.1) is 0 Å². The third kappa shape index (κ3) is 7.38. The molecule has 2 aliphatic rings. The zero-order chi connectivity index (χ0) is 21.2. The van der Waals surface area contributed by atoms with Crippen LogP contribution in [0.2, 0.25) is 0 Å². The van der Waals surface area contributed by atoms with Crippen molar-refractivity contribution in [1.82, 2.24) is 20.4 Å². The molecule has 1 aromatic carbocycles. The molecule has 1 aromatic rings. The molecule has 1 atom stereocenters. The number of ether oxygens (including phenoxy) is 1. The summed E-state index contributed by atoms with van der Waals surface area (Å²) in [5.41, 5.74) is 1.39. The maximum absolute atomic E-state index is 12.5. The Bertz CT molecular complexity index is 656. The van der Waals surface area contributed by atoms with Crippen molar-refractivity contribution in [2.24, 2.45) is 5.92 Å². The summed E-state index contributed by atoms with van der Waals surface area (Å²) in [5.74, 6) is 0.473. The first-order valence-corrected chi connectivity index (χ1v) is 11.2. The molecule has 0 aromatic heterocycles. The molecule has 3 rings (SSSR count). The number of likely N-dealkylation sites (tertiary alicyclic amines) is 1. The van der Waals surface area contributed by atoms with Gasteiger partial charge >= 0.3 is 0 Å². The highest BCUT2D eigenvalue weighted by molar-refractivity contribution is 5.87. The van der Waals surface area contributed by atoms with Gasteiger partial charge in [-0.3, -0.25) is 19.4 Å². The van der Waals surface area contributed by atoms with Gasteiger partial charge in [0.05, 0.1) is 25.8 Å². The van der Waals surface area contributed by atoms with Gasteiger partial charge in [-0.2, -0.15) is 0 Å². The highest BCUT2D eigenvalue weighted by atomic mass is 16.5. The SMILES string of the molecule is CC(C(=O)NCC(=O)NCCN1CCOCC1)N1CCC(Cc2ccccc2)CC1. The molecule has 0 bridgehead atoms. The van der Waals surface area contributed by atoms with Crippen molar-refractivity contribution in [3.63, 3.8) is 0 Å². The molecule has 166 valence electrons. The second-order valence-corrected chi connectivity index (χ2v) is 8.37. The van der Waals surface area contributed by atoms with Crippen LogP contribution in [0.25, 0.3) is 0 Å². The van der Waals surface area contributed by atoms with E-state index in [1.807, 2.05) is 6.92 Å². The molecule has 0 aliphatic carbocycles. The summed E-state index contributed by atoms with van der Waals surface area (Å²) in [6, 6.07) is 10.4. The van der Waals surface area contributed by atoms with Gasteiger partial charge in [0.15, 0.2) is 0 Å². The molecule has 2 heterocycles. The molecule has 30 heavy (non-hydrogen) atoms. The summed E-state index contributed by atoms with van der Waals surface area (Å²) in [6.07, 6.45) is 3.32. The minimum absolute atomic E-state index is 0.0384. The second-order valence-electron chi connectivity index (χ2n) is 8.37. The van der Waals surface area contributed by atoms with Crippen LogP contribution in [-0.4, -0.2) is 86.7 Å². The lowest BCUT2D eigenvalue weighted by molar-refractivity contribution is -0.129. The van der Waals surface area contributed by atoms with Crippen LogP contribution in [0.3, 0.4) is 0 Å². The molecule has 2 fully saturated rings. The standard InChI is InChI=1S/C23H36N4O3/c1-19(27-10-7-21(8-11-27)17-20-5-3-2-4-6-20)23(29)25-18-22(28)24-9-12-26-13-15-30-16-14-26/h2-6,19,21H,7-18H2,1H3,(H,24,28)(H,25,29). The van der Waals surface area contributed by atoms with Crippen molar-refractivity contribution in [3.05, 3.63) is 35.9 Å². The lowest BCUT2D eigenvalue weighted by atomic mass is 9.89. The van der Waals surface area contributed by atoms with E-state index < -0.39 is 0 Å². The largest absolute Gasteiger partial charge is 0.379 e. The van der Waals surface area contributed by atoms with Crippen LogP contribution in [0, 0.1) is 5.92 Å². The Labute approximate surface area is 180 Å². The molecule has 0 saturated carbocycles. The van der Waals surface area contributed by atoms with Crippen molar-refractivity contribution < 1.29 is 14.3 Å². The molecule has 0 spiro atoms. The van der Waals surface area contributed by atoms with E-state index in [2.05, 4.69) is 50.8 Å². The van der Waals surface area contributed by atoms with Crippen LogP contribution in [-0.2, 0) is 20.7 Å². The highest BCUT2D eigenvalue weighted by Crippen LogP contribution is 2.22. The number of nitrogens with one attached hydrogen (secondary N) is 2. The van der Waals surface area contributed by atoms with Crippen molar-refractivity contribution in [3.8, 4) is 0 Å². The van der Waals surface area contributed by atoms with Crippen molar-refractivity contribution >= 4 is 11.8 Å². The van der Waals surface area contributed by atoms with Crippen LogP contribution in [0.15, 0.2) is 30.3 Å². The lowest BCUT2D eigenvalue weighted by Gasteiger charge is -2.35. The van der Waals surface area contributed by atoms with Crippen molar-refractivity contribution in [1.29, 1.82) is 0 Å². The monoisotopic (exact) mass is 416 g/mol. The highest BCUT2D eigenvalue weighted by Gasteiger charge is 2.26. The average Bonchev–Trinajstić information content (AvgIpc) is 2.79. The minimum Gasteiger partial charge on any atom is -0.379 e. The first-order valence-electron chi connectivity index (χ1n) is 11.2. The number of rotatable bonds is 9. The van der Waals surface area contributed by atoms with Crippen molar-refractivity contribution in [2.45, 2.75) is 32.2 Å². The topological polar surface area (TPSA) is 73.9 Å². The minimum atomic E-state index is -0.205. The summed E-state index contributed by atoms with van der Waals surface area (Å²) in [7, 11) is 0. The van der Waals surface area contributed by atoms with Gasteiger partial charge in [0.1, 0.15) is 0 Å². The van der Waals surface area contributed by atoms with Crippen LogP contribution in [0.1, 0.15) is 25.3 Å². The Morgan fingerprint density at radius 2 is 1.77 bits per heavy atom. The van der Waals surface area contributed by atoms with Gasteiger partial charge in [-0.05, 0) is 50.8 Å². The van der Waals surface area contributed by atoms with E-state index in [9.17, 15) is 9.59 Å². The normalized spacial score (nSPS) is 19.9. The van der Waals surface area contributed by atoms with Gasteiger partial charge in [-0.1, -0.05) is 30.3 Å². The van der Waals surface area contributed by atoms with E-state index in [-0.39, 0.29) is 24.4 Å². The van der Waals surface area contributed by atoms with Gasteiger partial charge < -0.3 is 15.4 Å². The molecule has 2 amide bonds. The molecule has 2 aliphatic heterocycles. The summed E-state index contributed by atoms with van der Waals surface area (Å²) < 4.78 is 5.32. The zero-order valence-corrected chi connectivity index (χ0v) is 18.1. The maximum atomic E-state index is 12.5. The molecule has 0 radical (unpaired) electrons. The van der Waals surface area contributed by atoms with E-state index in [1.54, 1.807) is 0 Å². The molecule has 7 heteroatoms. The fourth-order valence-corrected chi connectivity index (χ4v) is 4.21. The number of morpholine rings is 1. The summed E-state index contributed by atoms with van der Waals surface area (Å²) >= 11 is 0. The van der Waals surface area contributed by atoms with E-state index in [0.29, 0.717) is 12.5 Å². The molecule has 2 N–H and O–H groups in total. The Balaban J connectivity index is 1.29. The Hall–Kier alpha value is -1.96. The fourth-order valence-electron chi connectivity index (χ4n) is 4.21. The average molecular weight is 417 g/mol. The number of carbonyl (C=O) groups excluding carboxylic acids is 2. The van der Waals surface area contributed by atoms with Gasteiger partial charge in [-0.25, -0.2) is 0 Å². The van der Waals surface area contributed by atoms with E-state index in [4.69, 9.17) is 4.74 Å². The fraction of sp³-hybridized carbons (Fsp3) is 0.652. The maximum Gasteiger partial charge on any atom is 0.239 e. The molecular formula is C23H36N4O3. The van der Waals surface area contributed by atoms with Gasteiger partial charge in [0, 0.05) is 26.2 Å². The second kappa shape index (κ2) is 12.0. The quantitative estimate of drug-likeness (QED) is 0.626. The molecule has 2 saturated heterocycles. The Kier molecular flexibility index (Phi) is 9.11. The van der Waals surface area contributed by atoms with Crippen LogP contribution in [0.5, 0.6) is 0 Å². The first kappa shape index (κ1) is 22.7. The first-order chi connectivity index (χ1) is 14.6. The van der Waals surface area contributed by atoms with Gasteiger partial charge in [0.25, 0.3) is 0 Å². The number of hydrogen-bond acceptors (Lipinski definition) is 5. The number of carbonyl (C=O) groups is 2. The summed E-state index contributed by atoms with van der Waals surface area (Å²) in [6.45, 7) is 8.57. The number of piperidine rings is 1. The van der Waals surface area contributed by atoms with Crippen LogP contribution < -0.4 is 10.6 Å². The smallest absolute Gasteiger partial charge is 0.239 e. The predicted molar refractivity (Wildman–Crippen MR) is 117 cm³/mol. The number of nitrogens with zero attached hydrogens (tertiary/aromatic N) is 2. The number of benzene rings is 1. The summed E-state index contributed by atoms with van der Waals surface area (Å²) in [5, 5.41) is 5.68. The van der Waals surface area contributed by atoms with E-state index in [1.165, 1.54) is 5.56 Å². The predicted octanol–water partition coefficient (Wildman–Crippen LogP) is 0.894. The van der Waals surface area contributed by atoms with Crippen LogP contribution >= 0.6 is 0 Å². The van der Waals surface area contributed by atoms with E-state index in [0.717, 1.165) is 65.2 Å². The third-order valence-corrected chi connectivity index (χ3v) is 6.22. The summed E-state index contributed by atoms with van der Waals surface area (Å²) in [4.78, 5) is 29.0. The molecule has 1 unspecified atom stereocenters. The van der Waals surface area contributed by atoms with Crippen molar-refractivity contribution in [2.75, 3.05) is 59.0 Å². The lowest BCUT2D eigenvalue weighted by Crippen LogP contribution is -2.50. The Morgan fingerprint density at radius 3 is 2.47 bits per heavy atom. The van der Waals surface area contributed by atoms with Crippen LogP contribution in [0.4, 0.5) is 0 Å². The Morgan fingerprint density at radius 1 is 1.07 bits per heavy atom.